The highest BCUT2D eigenvalue weighted by atomic mass is 35.5. The Morgan fingerprint density at radius 3 is 2.80 bits per heavy atom. The number of benzene rings is 1. The van der Waals surface area contributed by atoms with Gasteiger partial charge in [-0.05, 0) is 51.3 Å². The first-order valence-electron chi connectivity index (χ1n) is 7.98. The summed E-state index contributed by atoms with van der Waals surface area (Å²) in [6.07, 6.45) is 4.23. The third kappa shape index (κ3) is 5.92. The Morgan fingerprint density at radius 1 is 1.28 bits per heavy atom. The van der Waals surface area contributed by atoms with E-state index >= 15 is 0 Å². The van der Waals surface area contributed by atoms with Crippen LogP contribution in [0.1, 0.15) is 16.8 Å². The van der Waals surface area contributed by atoms with Crippen LogP contribution in [0.3, 0.4) is 0 Å². The molecule has 1 aromatic heterocycles. The van der Waals surface area contributed by atoms with Gasteiger partial charge < -0.3 is 20.3 Å². The molecule has 0 saturated heterocycles. The fourth-order valence-corrected chi connectivity index (χ4v) is 2.43. The third-order valence-electron chi connectivity index (χ3n) is 3.52. The molecule has 0 spiro atoms. The summed E-state index contributed by atoms with van der Waals surface area (Å²) >= 11 is 5.99. The van der Waals surface area contributed by atoms with Gasteiger partial charge in [0.2, 0.25) is 0 Å². The molecule has 6 nitrogen and oxygen atoms in total. The second-order valence-corrected chi connectivity index (χ2v) is 6.28. The topological polar surface area (TPSA) is 66.5 Å². The number of amides is 1. The molecule has 0 saturated carbocycles. The standard InChI is InChI=1S/C18H23ClN4O2/c1-23(2)8-4-7-21-15-9-13(11-20-12-15)18(24)22-16-10-14(19)5-6-17(16)25-3/h5-6,9-12,21H,4,7-8H2,1-3H3,(H,22,24). The van der Waals surface area contributed by atoms with E-state index in [1.54, 1.807) is 37.6 Å². The van der Waals surface area contributed by atoms with Crippen molar-refractivity contribution in [3.05, 3.63) is 47.2 Å². The van der Waals surface area contributed by atoms with Gasteiger partial charge in [0.1, 0.15) is 5.75 Å². The van der Waals surface area contributed by atoms with Gasteiger partial charge in [0.15, 0.2) is 0 Å². The highest BCUT2D eigenvalue weighted by Gasteiger charge is 2.11. The van der Waals surface area contributed by atoms with E-state index in [0.29, 0.717) is 22.0 Å². The zero-order valence-corrected chi connectivity index (χ0v) is 15.4. The van der Waals surface area contributed by atoms with Crippen LogP contribution in [0.4, 0.5) is 11.4 Å². The Bertz CT molecular complexity index is 722. The molecule has 0 aliphatic heterocycles. The summed E-state index contributed by atoms with van der Waals surface area (Å²) in [5.41, 5.74) is 1.79. The minimum Gasteiger partial charge on any atom is -0.495 e. The number of rotatable bonds is 8. The fraction of sp³-hybridized carbons (Fsp3) is 0.333. The van der Waals surface area contributed by atoms with Crippen molar-refractivity contribution in [3.8, 4) is 5.75 Å². The SMILES string of the molecule is COc1ccc(Cl)cc1NC(=O)c1cncc(NCCCN(C)C)c1. The predicted octanol–water partition coefficient (Wildman–Crippen LogP) is 3.36. The van der Waals surface area contributed by atoms with Gasteiger partial charge in [0.05, 0.1) is 24.0 Å². The highest BCUT2D eigenvalue weighted by Crippen LogP contribution is 2.28. The van der Waals surface area contributed by atoms with Gasteiger partial charge >= 0.3 is 0 Å². The number of nitrogens with zero attached hydrogens (tertiary/aromatic N) is 2. The Labute approximate surface area is 153 Å². The lowest BCUT2D eigenvalue weighted by atomic mass is 10.2. The molecule has 134 valence electrons. The quantitative estimate of drug-likeness (QED) is 0.705. The molecule has 25 heavy (non-hydrogen) atoms. The molecule has 0 aliphatic rings. The van der Waals surface area contributed by atoms with Crippen molar-refractivity contribution in [2.45, 2.75) is 6.42 Å². The van der Waals surface area contributed by atoms with Crippen LogP contribution in [0.5, 0.6) is 5.75 Å². The number of carbonyl (C=O) groups excluding carboxylic acids is 1. The first-order chi connectivity index (χ1) is 12.0. The van der Waals surface area contributed by atoms with Crippen molar-refractivity contribution in [2.24, 2.45) is 0 Å². The lowest BCUT2D eigenvalue weighted by Gasteiger charge is -2.12. The van der Waals surface area contributed by atoms with E-state index in [9.17, 15) is 4.79 Å². The summed E-state index contributed by atoms with van der Waals surface area (Å²) in [7, 11) is 5.62. The van der Waals surface area contributed by atoms with Crippen LogP contribution in [0.25, 0.3) is 0 Å². The van der Waals surface area contributed by atoms with Crippen molar-refractivity contribution in [2.75, 3.05) is 44.9 Å². The van der Waals surface area contributed by atoms with Crippen LogP contribution in [-0.4, -0.2) is 50.1 Å². The summed E-state index contributed by atoms with van der Waals surface area (Å²) < 4.78 is 5.24. The van der Waals surface area contributed by atoms with Crippen LogP contribution in [0.2, 0.25) is 5.02 Å². The Balaban J connectivity index is 2.02. The summed E-state index contributed by atoms with van der Waals surface area (Å²) in [6, 6.07) is 6.83. The maximum atomic E-state index is 12.5. The molecule has 2 N–H and O–H groups in total. The Morgan fingerprint density at radius 2 is 2.08 bits per heavy atom. The largest absolute Gasteiger partial charge is 0.495 e. The highest BCUT2D eigenvalue weighted by molar-refractivity contribution is 6.31. The lowest BCUT2D eigenvalue weighted by molar-refractivity contribution is 0.102. The first kappa shape index (κ1) is 19.0. The second kappa shape index (κ2) is 9.25. The van der Waals surface area contributed by atoms with Crippen LogP contribution in [0, 0.1) is 0 Å². The number of nitrogens with one attached hydrogen (secondary N) is 2. The number of hydrogen-bond donors (Lipinski definition) is 2. The Hall–Kier alpha value is -2.31. The summed E-state index contributed by atoms with van der Waals surface area (Å²) in [5.74, 6) is 0.272. The third-order valence-corrected chi connectivity index (χ3v) is 3.76. The normalized spacial score (nSPS) is 10.6. The monoisotopic (exact) mass is 362 g/mol. The second-order valence-electron chi connectivity index (χ2n) is 5.84. The number of pyridine rings is 1. The van der Waals surface area contributed by atoms with Gasteiger partial charge in [-0.3, -0.25) is 9.78 Å². The first-order valence-corrected chi connectivity index (χ1v) is 8.36. The molecule has 2 aromatic rings. The van der Waals surface area contributed by atoms with E-state index in [-0.39, 0.29) is 5.91 Å². The minimum absolute atomic E-state index is 0.273. The zero-order valence-electron chi connectivity index (χ0n) is 14.7. The number of ether oxygens (including phenoxy) is 1. The number of methoxy groups -OCH3 is 1. The smallest absolute Gasteiger partial charge is 0.257 e. The van der Waals surface area contributed by atoms with Gasteiger partial charge in [-0.25, -0.2) is 0 Å². The fourth-order valence-electron chi connectivity index (χ4n) is 2.26. The summed E-state index contributed by atoms with van der Waals surface area (Å²) in [5, 5.41) is 6.60. The van der Waals surface area contributed by atoms with E-state index in [1.165, 1.54) is 6.20 Å². The van der Waals surface area contributed by atoms with Gasteiger partial charge in [-0.15, -0.1) is 0 Å². The number of halogens is 1. The summed E-state index contributed by atoms with van der Waals surface area (Å²) in [4.78, 5) is 18.7. The van der Waals surface area contributed by atoms with Gasteiger partial charge in [0, 0.05) is 24.0 Å². The number of aromatic nitrogens is 1. The van der Waals surface area contributed by atoms with Crippen molar-refractivity contribution < 1.29 is 9.53 Å². The van der Waals surface area contributed by atoms with Crippen LogP contribution in [-0.2, 0) is 0 Å². The number of anilines is 2. The number of hydrogen-bond acceptors (Lipinski definition) is 5. The van der Waals surface area contributed by atoms with Crippen LogP contribution >= 0.6 is 11.6 Å². The molecule has 1 heterocycles. The van der Waals surface area contributed by atoms with E-state index in [4.69, 9.17) is 16.3 Å². The summed E-state index contributed by atoms with van der Waals surface area (Å²) in [6.45, 7) is 1.81. The van der Waals surface area contributed by atoms with Crippen LogP contribution in [0.15, 0.2) is 36.7 Å². The lowest BCUT2D eigenvalue weighted by Crippen LogP contribution is -2.17. The van der Waals surface area contributed by atoms with Gasteiger partial charge in [-0.2, -0.15) is 0 Å². The molecule has 1 amide bonds. The molecule has 0 fully saturated rings. The van der Waals surface area contributed by atoms with E-state index < -0.39 is 0 Å². The molecule has 0 radical (unpaired) electrons. The number of carbonyl (C=O) groups is 1. The average Bonchev–Trinajstić information content (AvgIpc) is 2.59. The molecular formula is C18H23ClN4O2. The van der Waals surface area contributed by atoms with E-state index in [0.717, 1.165) is 25.2 Å². The maximum absolute atomic E-state index is 12.5. The molecule has 2 rings (SSSR count). The van der Waals surface area contributed by atoms with Crippen molar-refractivity contribution >= 4 is 28.9 Å². The Kier molecular flexibility index (Phi) is 7.03. The van der Waals surface area contributed by atoms with Crippen molar-refractivity contribution in [3.63, 3.8) is 0 Å². The predicted molar refractivity (Wildman–Crippen MR) is 102 cm³/mol. The molecular weight excluding hydrogens is 340 g/mol. The molecule has 1 aromatic carbocycles. The van der Waals surface area contributed by atoms with Gasteiger partial charge in [-0.1, -0.05) is 11.6 Å². The van der Waals surface area contributed by atoms with Crippen molar-refractivity contribution in [1.82, 2.24) is 9.88 Å². The minimum atomic E-state index is -0.273. The maximum Gasteiger partial charge on any atom is 0.257 e. The molecule has 0 aliphatic carbocycles. The molecule has 0 bridgehead atoms. The average molecular weight is 363 g/mol. The van der Waals surface area contributed by atoms with Gasteiger partial charge in [0.25, 0.3) is 5.91 Å². The van der Waals surface area contributed by atoms with Crippen LogP contribution < -0.4 is 15.4 Å². The molecule has 7 heteroatoms. The zero-order chi connectivity index (χ0) is 18.2. The molecule has 0 atom stereocenters. The van der Waals surface area contributed by atoms with Crippen molar-refractivity contribution in [1.29, 1.82) is 0 Å². The van der Waals surface area contributed by atoms with E-state index in [2.05, 4.69) is 20.5 Å². The molecule has 0 unspecified atom stereocenters. The van der Waals surface area contributed by atoms with E-state index in [1.807, 2.05) is 14.1 Å².